The van der Waals surface area contributed by atoms with Crippen molar-refractivity contribution in [2.24, 2.45) is 5.92 Å². The van der Waals surface area contributed by atoms with E-state index in [-0.39, 0.29) is 29.9 Å². The molecule has 0 atom stereocenters. The van der Waals surface area contributed by atoms with E-state index < -0.39 is 33.8 Å². The average molecular weight is 480 g/mol. The predicted octanol–water partition coefficient (Wildman–Crippen LogP) is 3.69. The molecular formula is C23H24F3N3O3S. The number of hydrogen-bond acceptors (Lipinski definition) is 3. The summed E-state index contributed by atoms with van der Waals surface area (Å²) in [4.78, 5) is 3.05. The lowest BCUT2D eigenvalue weighted by atomic mass is 9.70. The standard InChI is InChI=1S/C23H24F3N3O3S/c24-15-3-1-13(2-4-15)22-21(19-7-16(25)8-20(26)23(19)28-22)14-5-12(6-14)11-27-33(31,32)29-17-9-18(30)10-17/h1-4,7-8,12,14,17-18,27-30H,5-6,9-11H2. The Kier molecular flexibility index (Phi) is 5.72. The van der Waals surface area contributed by atoms with Crippen molar-refractivity contribution < 1.29 is 26.7 Å². The number of aliphatic hydroxyl groups is 1. The zero-order valence-corrected chi connectivity index (χ0v) is 18.4. The highest BCUT2D eigenvalue weighted by Gasteiger charge is 2.36. The maximum Gasteiger partial charge on any atom is 0.277 e. The Morgan fingerprint density at radius 2 is 1.70 bits per heavy atom. The molecule has 3 aromatic rings. The molecule has 2 aliphatic rings. The fourth-order valence-electron chi connectivity index (χ4n) is 4.82. The number of aromatic nitrogens is 1. The van der Waals surface area contributed by atoms with Crippen LogP contribution in [0.25, 0.3) is 22.2 Å². The van der Waals surface area contributed by atoms with Gasteiger partial charge in [0.05, 0.1) is 17.3 Å². The highest BCUT2D eigenvalue weighted by Crippen LogP contribution is 2.48. The minimum absolute atomic E-state index is 0.0238. The van der Waals surface area contributed by atoms with Gasteiger partial charge in [-0.25, -0.2) is 17.9 Å². The van der Waals surface area contributed by atoms with Gasteiger partial charge in [0, 0.05) is 24.0 Å². The van der Waals surface area contributed by atoms with Crippen LogP contribution in [0.4, 0.5) is 13.2 Å². The molecule has 2 fully saturated rings. The SMILES string of the molecule is O=S(=O)(NCC1CC(c2c(-c3ccc(F)cc3)[nH]c3c(F)cc(F)cc23)C1)NC1CC(O)C1. The number of aromatic amines is 1. The molecule has 33 heavy (non-hydrogen) atoms. The van der Waals surface area contributed by atoms with Gasteiger partial charge < -0.3 is 10.1 Å². The van der Waals surface area contributed by atoms with E-state index in [0.717, 1.165) is 11.6 Å². The van der Waals surface area contributed by atoms with Gasteiger partial charge >= 0.3 is 0 Å². The van der Waals surface area contributed by atoms with Crippen molar-refractivity contribution in [2.45, 2.75) is 43.7 Å². The predicted molar refractivity (Wildman–Crippen MR) is 118 cm³/mol. The molecule has 0 unspecified atom stereocenters. The first kappa shape index (κ1) is 22.4. The normalized spacial score (nSPS) is 25.1. The maximum atomic E-state index is 14.5. The Balaban J connectivity index is 1.34. The van der Waals surface area contributed by atoms with Crippen LogP contribution in [0, 0.1) is 23.4 Å². The average Bonchev–Trinajstić information content (AvgIpc) is 3.05. The number of rotatable bonds is 7. The van der Waals surface area contributed by atoms with Gasteiger partial charge in [-0.15, -0.1) is 0 Å². The largest absolute Gasteiger partial charge is 0.393 e. The van der Waals surface area contributed by atoms with Crippen LogP contribution in [0.3, 0.4) is 0 Å². The first-order valence-corrected chi connectivity index (χ1v) is 12.4. The van der Waals surface area contributed by atoms with Crippen LogP contribution in [-0.2, 0) is 10.2 Å². The van der Waals surface area contributed by atoms with Crippen LogP contribution in [0.1, 0.15) is 37.2 Å². The molecule has 10 heteroatoms. The number of halogens is 3. The Morgan fingerprint density at radius 3 is 2.36 bits per heavy atom. The van der Waals surface area contributed by atoms with Crippen molar-refractivity contribution in [3.8, 4) is 11.3 Å². The summed E-state index contributed by atoms with van der Waals surface area (Å²) in [5.41, 5.74) is 2.24. The second-order valence-corrected chi connectivity index (χ2v) is 10.6. The van der Waals surface area contributed by atoms with Crippen molar-refractivity contribution in [2.75, 3.05) is 6.54 Å². The number of H-pyrrole nitrogens is 1. The number of nitrogens with one attached hydrogen (secondary N) is 3. The minimum atomic E-state index is -3.66. The lowest BCUT2D eigenvalue weighted by Crippen LogP contribution is -2.51. The van der Waals surface area contributed by atoms with E-state index in [1.165, 1.54) is 18.2 Å². The molecular weight excluding hydrogens is 455 g/mol. The first-order chi connectivity index (χ1) is 15.7. The van der Waals surface area contributed by atoms with E-state index in [1.807, 2.05) is 0 Å². The van der Waals surface area contributed by atoms with E-state index in [4.69, 9.17) is 0 Å². The smallest absolute Gasteiger partial charge is 0.277 e. The Bertz CT molecular complexity index is 1280. The van der Waals surface area contributed by atoms with Crippen LogP contribution < -0.4 is 9.44 Å². The Hall–Kier alpha value is -2.40. The molecule has 0 amide bonds. The summed E-state index contributed by atoms with van der Waals surface area (Å²) in [5.74, 6) is -1.72. The van der Waals surface area contributed by atoms with Gasteiger partial charge in [0.1, 0.15) is 17.5 Å². The maximum absolute atomic E-state index is 14.5. The quantitative estimate of drug-likeness (QED) is 0.416. The van der Waals surface area contributed by atoms with Gasteiger partial charge in [-0.3, -0.25) is 0 Å². The van der Waals surface area contributed by atoms with Crippen LogP contribution >= 0.6 is 0 Å². The van der Waals surface area contributed by atoms with Crippen LogP contribution in [0.5, 0.6) is 0 Å². The summed E-state index contributed by atoms with van der Waals surface area (Å²) in [6.07, 6.45) is 1.65. The minimum Gasteiger partial charge on any atom is -0.393 e. The lowest BCUT2D eigenvalue weighted by Gasteiger charge is -2.37. The van der Waals surface area contributed by atoms with Crippen molar-refractivity contribution in [3.05, 3.63) is 59.4 Å². The van der Waals surface area contributed by atoms with Crippen LogP contribution in [0.15, 0.2) is 36.4 Å². The number of benzene rings is 2. The molecule has 1 heterocycles. The molecule has 2 aliphatic carbocycles. The van der Waals surface area contributed by atoms with E-state index in [9.17, 15) is 26.7 Å². The topological polar surface area (TPSA) is 94.2 Å². The molecule has 4 N–H and O–H groups in total. The van der Waals surface area contributed by atoms with E-state index >= 15 is 0 Å². The highest BCUT2D eigenvalue weighted by atomic mass is 32.2. The zero-order valence-electron chi connectivity index (χ0n) is 17.6. The summed E-state index contributed by atoms with van der Waals surface area (Å²) in [5, 5.41) is 9.75. The van der Waals surface area contributed by atoms with Gasteiger partial charge in [-0.1, -0.05) is 0 Å². The first-order valence-electron chi connectivity index (χ1n) is 10.9. The number of fused-ring (bicyclic) bond motifs is 1. The molecule has 0 radical (unpaired) electrons. The van der Waals surface area contributed by atoms with Crippen molar-refractivity contribution >= 4 is 21.1 Å². The van der Waals surface area contributed by atoms with Crippen molar-refractivity contribution in [1.82, 2.24) is 14.4 Å². The van der Waals surface area contributed by atoms with Crippen LogP contribution in [0.2, 0.25) is 0 Å². The molecule has 0 spiro atoms. The van der Waals surface area contributed by atoms with Gasteiger partial charge in [0.25, 0.3) is 10.2 Å². The van der Waals surface area contributed by atoms with Crippen molar-refractivity contribution in [3.63, 3.8) is 0 Å². The van der Waals surface area contributed by atoms with E-state index in [2.05, 4.69) is 14.4 Å². The third kappa shape index (κ3) is 4.52. The second kappa shape index (κ2) is 8.43. The number of aliphatic hydroxyl groups excluding tert-OH is 1. The molecule has 2 saturated carbocycles. The summed E-state index contributed by atoms with van der Waals surface area (Å²) in [6.45, 7) is 0.248. The van der Waals surface area contributed by atoms with Gasteiger partial charge in [-0.05, 0) is 79.0 Å². The van der Waals surface area contributed by atoms with Gasteiger partial charge in [0.15, 0.2) is 0 Å². The van der Waals surface area contributed by atoms with E-state index in [1.54, 1.807) is 12.1 Å². The molecule has 0 saturated heterocycles. The van der Waals surface area contributed by atoms with Gasteiger partial charge in [0.2, 0.25) is 0 Å². The second-order valence-electron chi connectivity index (χ2n) is 9.06. The Labute approximate surface area is 189 Å². The zero-order chi connectivity index (χ0) is 23.3. The molecule has 2 aromatic carbocycles. The molecule has 5 rings (SSSR count). The molecule has 1 aromatic heterocycles. The summed E-state index contributed by atoms with van der Waals surface area (Å²) in [7, 11) is -3.66. The van der Waals surface area contributed by atoms with Crippen molar-refractivity contribution in [1.29, 1.82) is 0 Å². The fourth-order valence-corrected chi connectivity index (χ4v) is 5.99. The molecule has 176 valence electrons. The number of hydrogen-bond donors (Lipinski definition) is 4. The third-order valence-electron chi connectivity index (χ3n) is 6.64. The fraction of sp³-hybridized carbons (Fsp3) is 0.391. The summed E-state index contributed by atoms with van der Waals surface area (Å²) >= 11 is 0. The molecule has 0 bridgehead atoms. The lowest BCUT2D eigenvalue weighted by molar-refractivity contribution is 0.0710. The van der Waals surface area contributed by atoms with Crippen LogP contribution in [-0.4, -0.2) is 37.2 Å². The molecule has 6 nitrogen and oxygen atoms in total. The molecule has 0 aliphatic heterocycles. The summed E-state index contributed by atoms with van der Waals surface area (Å²) in [6, 6.07) is 7.67. The Morgan fingerprint density at radius 1 is 1.00 bits per heavy atom. The monoisotopic (exact) mass is 479 g/mol. The third-order valence-corrected chi connectivity index (χ3v) is 7.83. The highest BCUT2D eigenvalue weighted by molar-refractivity contribution is 7.87. The van der Waals surface area contributed by atoms with E-state index in [0.29, 0.717) is 42.3 Å². The van der Waals surface area contributed by atoms with Gasteiger partial charge in [-0.2, -0.15) is 13.1 Å². The summed E-state index contributed by atoms with van der Waals surface area (Å²) < 4.78 is 71.4.